The van der Waals surface area contributed by atoms with Crippen LogP contribution in [0.15, 0.2) is 42.3 Å². The molecule has 0 atom stereocenters. The van der Waals surface area contributed by atoms with E-state index < -0.39 is 0 Å². The fourth-order valence-electron chi connectivity index (χ4n) is 1.74. The molecule has 22 heavy (non-hydrogen) atoms. The highest BCUT2D eigenvalue weighted by atomic mass is 32.2. The first-order chi connectivity index (χ1) is 10.7. The van der Waals surface area contributed by atoms with Gasteiger partial charge in [0, 0.05) is 16.7 Å². The molecule has 2 rings (SSSR count). The van der Waals surface area contributed by atoms with Crippen molar-refractivity contribution in [3.8, 4) is 17.0 Å². The van der Waals surface area contributed by atoms with Crippen LogP contribution in [0.4, 0.5) is 5.13 Å². The number of hydrogen-bond acceptors (Lipinski definition) is 5. The van der Waals surface area contributed by atoms with Gasteiger partial charge in [-0.1, -0.05) is 6.08 Å². The third-order valence-corrected chi connectivity index (χ3v) is 4.38. The average molecular weight is 334 g/mol. The summed E-state index contributed by atoms with van der Waals surface area (Å²) in [6, 6.07) is 7.77. The molecule has 0 fully saturated rings. The lowest BCUT2D eigenvalue weighted by Crippen LogP contribution is -2.13. The average Bonchev–Trinajstić information content (AvgIpc) is 2.97. The lowest BCUT2D eigenvalue weighted by molar-refractivity contribution is -0.113. The molecule has 4 nitrogen and oxygen atoms in total. The fraction of sp³-hybridized carbons (Fsp3) is 0.250. The minimum Gasteiger partial charge on any atom is -0.494 e. The van der Waals surface area contributed by atoms with Crippen LogP contribution in [0.1, 0.15) is 6.92 Å². The summed E-state index contributed by atoms with van der Waals surface area (Å²) >= 11 is 2.95. The molecule has 1 heterocycles. The number of aromatic nitrogens is 1. The number of benzene rings is 1. The quantitative estimate of drug-likeness (QED) is 0.584. The number of nitrogens with one attached hydrogen (secondary N) is 1. The van der Waals surface area contributed by atoms with Gasteiger partial charge in [-0.3, -0.25) is 4.79 Å². The van der Waals surface area contributed by atoms with E-state index >= 15 is 0 Å². The third-order valence-electron chi connectivity index (χ3n) is 2.68. The first-order valence-electron chi connectivity index (χ1n) is 6.90. The lowest BCUT2D eigenvalue weighted by Gasteiger charge is -2.03. The maximum atomic E-state index is 11.7. The van der Waals surface area contributed by atoms with E-state index in [9.17, 15) is 4.79 Å². The number of amides is 1. The van der Waals surface area contributed by atoms with Gasteiger partial charge in [-0.25, -0.2) is 4.98 Å². The Balaban J connectivity index is 1.95. The van der Waals surface area contributed by atoms with Crippen molar-refractivity contribution in [1.29, 1.82) is 0 Å². The first-order valence-corrected chi connectivity index (χ1v) is 8.93. The highest BCUT2D eigenvalue weighted by molar-refractivity contribution is 8.00. The second-order valence-electron chi connectivity index (χ2n) is 4.35. The number of thioether (sulfide) groups is 1. The fourth-order valence-corrected chi connectivity index (χ4v) is 3.02. The summed E-state index contributed by atoms with van der Waals surface area (Å²) in [5.41, 5.74) is 1.85. The predicted octanol–water partition coefficient (Wildman–Crippen LogP) is 4.07. The van der Waals surface area contributed by atoms with Gasteiger partial charge < -0.3 is 10.1 Å². The SMILES string of the molecule is C=CCSCC(=O)Nc1nc(-c2ccc(OCC)cc2)cs1. The van der Waals surface area contributed by atoms with E-state index in [2.05, 4.69) is 16.9 Å². The topological polar surface area (TPSA) is 51.2 Å². The van der Waals surface area contributed by atoms with Gasteiger partial charge in [-0.05, 0) is 31.2 Å². The Kier molecular flexibility index (Phi) is 6.48. The second-order valence-corrected chi connectivity index (χ2v) is 6.24. The van der Waals surface area contributed by atoms with E-state index in [1.54, 1.807) is 6.08 Å². The molecule has 2 aromatic rings. The first kappa shape index (κ1) is 16.6. The highest BCUT2D eigenvalue weighted by Gasteiger charge is 2.08. The van der Waals surface area contributed by atoms with Crippen LogP contribution in [0.2, 0.25) is 0 Å². The van der Waals surface area contributed by atoms with Gasteiger partial charge in [0.1, 0.15) is 5.75 Å². The van der Waals surface area contributed by atoms with Crippen molar-refractivity contribution in [1.82, 2.24) is 4.98 Å². The minimum absolute atomic E-state index is 0.0422. The van der Waals surface area contributed by atoms with Crippen LogP contribution < -0.4 is 10.1 Å². The normalized spacial score (nSPS) is 10.2. The number of carbonyl (C=O) groups is 1. The molecule has 0 saturated heterocycles. The number of carbonyl (C=O) groups excluding carboxylic acids is 1. The van der Waals surface area contributed by atoms with Gasteiger partial charge in [0.25, 0.3) is 0 Å². The van der Waals surface area contributed by atoms with E-state index in [1.807, 2.05) is 36.6 Å². The maximum absolute atomic E-state index is 11.7. The van der Waals surface area contributed by atoms with Crippen molar-refractivity contribution in [3.63, 3.8) is 0 Å². The summed E-state index contributed by atoms with van der Waals surface area (Å²) in [7, 11) is 0. The Morgan fingerprint density at radius 3 is 2.91 bits per heavy atom. The second kappa shape index (κ2) is 8.60. The van der Waals surface area contributed by atoms with Crippen LogP contribution in [-0.2, 0) is 4.79 Å². The van der Waals surface area contributed by atoms with Crippen LogP contribution in [0, 0.1) is 0 Å². The largest absolute Gasteiger partial charge is 0.494 e. The van der Waals surface area contributed by atoms with Gasteiger partial charge in [0.15, 0.2) is 5.13 Å². The summed E-state index contributed by atoms with van der Waals surface area (Å²) in [5, 5.41) is 5.36. The van der Waals surface area contributed by atoms with Gasteiger partial charge in [-0.15, -0.1) is 29.7 Å². The maximum Gasteiger partial charge on any atom is 0.236 e. The standard InChI is InChI=1S/C16H18N2O2S2/c1-3-9-21-11-15(19)18-16-17-14(10-22-16)12-5-7-13(8-6-12)20-4-2/h3,5-8,10H,1,4,9,11H2,2H3,(H,17,18,19). The molecule has 0 aliphatic heterocycles. The van der Waals surface area contributed by atoms with E-state index in [0.717, 1.165) is 22.8 Å². The molecule has 1 amide bonds. The summed E-state index contributed by atoms with van der Waals surface area (Å²) < 4.78 is 5.42. The smallest absolute Gasteiger partial charge is 0.236 e. The molecule has 0 radical (unpaired) electrons. The van der Waals surface area contributed by atoms with Gasteiger partial charge >= 0.3 is 0 Å². The Bertz CT molecular complexity index is 623. The van der Waals surface area contributed by atoms with Crippen molar-refractivity contribution in [2.75, 3.05) is 23.4 Å². The Morgan fingerprint density at radius 1 is 1.45 bits per heavy atom. The van der Waals surface area contributed by atoms with Crippen LogP contribution >= 0.6 is 23.1 Å². The lowest BCUT2D eigenvalue weighted by atomic mass is 10.2. The molecule has 0 unspecified atom stereocenters. The van der Waals surface area contributed by atoms with Crippen molar-refractivity contribution < 1.29 is 9.53 Å². The van der Waals surface area contributed by atoms with E-state index in [-0.39, 0.29) is 5.91 Å². The van der Waals surface area contributed by atoms with E-state index in [1.165, 1.54) is 23.1 Å². The van der Waals surface area contributed by atoms with Gasteiger partial charge in [0.05, 0.1) is 18.1 Å². The molecular weight excluding hydrogens is 316 g/mol. The highest BCUT2D eigenvalue weighted by Crippen LogP contribution is 2.26. The van der Waals surface area contributed by atoms with Crippen molar-refractivity contribution in [2.45, 2.75) is 6.92 Å². The molecule has 116 valence electrons. The number of rotatable bonds is 8. The van der Waals surface area contributed by atoms with Crippen molar-refractivity contribution in [3.05, 3.63) is 42.3 Å². The van der Waals surface area contributed by atoms with Crippen LogP contribution in [0.25, 0.3) is 11.3 Å². The summed E-state index contributed by atoms with van der Waals surface area (Å²) in [6.45, 7) is 6.23. The number of hydrogen-bond donors (Lipinski definition) is 1. The Labute approximate surface area is 138 Å². The van der Waals surface area contributed by atoms with Crippen molar-refractivity contribution in [2.24, 2.45) is 0 Å². The number of nitrogens with zero attached hydrogens (tertiary/aromatic N) is 1. The zero-order valence-electron chi connectivity index (χ0n) is 12.4. The monoisotopic (exact) mass is 334 g/mol. The Hall–Kier alpha value is -1.79. The van der Waals surface area contributed by atoms with Crippen LogP contribution in [-0.4, -0.2) is 29.0 Å². The van der Waals surface area contributed by atoms with Crippen molar-refractivity contribution >= 4 is 34.1 Å². The van der Waals surface area contributed by atoms with E-state index in [4.69, 9.17) is 4.74 Å². The molecule has 0 saturated carbocycles. The third kappa shape index (κ3) is 4.89. The number of anilines is 1. The molecular formula is C16H18N2O2S2. The molecule has 0 aliphatic rings. The summed E-state index contributed by atoms with van der Waals surface area (Å²) in [4.78, 5) is 16.2. The zero-order chi connectivity index (χ0) is 15.8. The zero-order valence-corrected chi connectivity index (χ0v) is 14.0. The van der Waals surface area contributed by atoms with Gasteiger partial charge in [0.2, 0.25) is 5.91 Å². The number of ether oxygens (including phenoxy) is 1. The van der Waals surface area contributed by atoms with E-state index in [0.29, 0.717) is 17.5 Å². The molecule has 0 aliphatic carbocycles. The minimum atomic E-state index is -0.0422. The molecule has 0 spiro atoms. The molecule has 6 heteroatoms. The molecule has 1 aromatic carbocycles. The predicted molar refractivity (Wildman–Crippen MR) is 94.9 cm³/mol. The van der Waals surface area contributed by atoms with Gasteiger partial charge in [-0.2, -0.15) is 0 Å². The number of thiazole rings is 1. The summed E-state index contributed by atoms with van der Waals surface area (Å²) in [6.07, 6.45) is 1.78. The van der Waals surface area contributed by atoms with Crippen LogP contribution in [0.5, 0.6) is 5.75 Å². The molecule has 1 N–H and O–H groups in total. The molecule has 1 aromatic heterocycles. The summed E-state index contributed by atoms with van der Waals surface area (Å²) in [5.74, 6) is 1.97. The Morgan fingerprint density at radius 2 is 2.23 bits per heavy atom. The van der Waals surface area contributed by atoms with Crippen LogP contribution in [0.3, 0.4) is 0 Å². The molecule has 0 bridgehead atoms.